The predicted molar refractivity (Wildman–Crippen MR) is 239 cm³/mol. The van der Waals surface area contributed by atoms with Gasteiger partial charge in [-0.05, 0) is 71.1 Å². The first-order valence-electron chi connectivity index (χ1n) is 17.8. The highest BCUT2D eigenvalue weighted by atomic mass is 16.6. The van der Waals surface area contributed by atoms with Crippen molar-refractivity contribution < 1.29 is 33.4 Å². The molecule has 9 N–H and O–H groups in total. The van der Waals surface area contributed by atoms with Gasteiger partial charge in [-0.15, -0.1) is 0 Å². The standard InChI is InChI=1S/C14H20N2O3.C14H22N2O2.C13H18N2O2.4CH4/c1-14(2,3)19-13(18)16-11(12(15)17)9-10-7-5-4-6-8-10;1-14(2,3)18-13(17)16-12(10-15)9-11-7-5-4-6-8-11;1-2-8-17-13(16)15-10-12(14)9-11-6-4-3-5-7-11;;;;/h4-8,11H,9H2,1-3H3,(H2,15,17)(H,16,18);4-8,12H,9-10,15H2,1-3H3,(H,16,17);2-7,12H,1,8-10,14H2,(H,15,16);4*1H4/t11-;2*12-;;;;/m000..../s1. The van der Waals surface area contributed by atoms with E-state index >= 15 is 0 Å². The van der Waals surface area contributed by atoms with Gasteiger partial charge in [-0.25, -0.2) is 14.4 Å². The number of hydrogen-bond donors (Lipinski definition) is 6. The van der Waals surface area contributed by atoms with Crippen LogP contribution >= 0.6 is 0 Å². The highest BCUT2D eigenvalue weighted by Crippen LogP contribution is 2.10. The zero-order valence-corrected chi connectivity index (χ0v) is 32.5. The predicted octanol–water partition coefficient (Wildman–Crippen LogP) is 7.70. The van der Waals surface area contributed by atoms with Crippen LogP contribution in [0.15, 0.2) is 104 Å². The van der Waals surface area contributed by atoms with Crippen molar-refractivity contribution in [2.24, 2.45) is 17.2 Å². The molecule has 0 aliphatic rings. The minimum absolute atomic E-state index is 0. The summed E-state index contributed by atoms with van der Waals surface area (Å²) in [4.78, 5) is 45.7. The van der Waals surface area contributed by atoms with E-state index in [1.807, 2.05) is 112 Å². The maximum atomic E-state index is 11.6. The third-order valence-electron chi connectivity index (χ3n) is 6.83. The molecule has 58 heavy (non-hydrogen) atoms. The third kappa shape index (κ3) is 30.8. The van der Waals surface area contributed by atoms with Crippen LogP contribution in [0.5, 0.6) is 0 Å². The van der Waals surface area contributed by atoms with Gasteiger partial charge in [0.1, 0.15) is 23.9 Å². The Hall–Kier alpha value is -5.40. The van der Waals surface area contributed by atoms with Crippen molar-refractivity contribution in [3.8, 4) is 0 Å². The first kappa shape index (κ1) is 59.3. The number of carbonyl (C=O) groups excluding carboxylic acids is 4. The van der Waals surface area contributed by atoms with Crippen LogP contribution in [0.3, 0.4) is 0 Å². The van der Waals surface area contributed by atoms with Crippen LogP contribution in [-0.4, -0.2) is 73.2 Å². The monoisotopic (exact) mass is 813 g/mol. The fourth-order valence-corrected chi connectivity index (χ4v) is 4.48. The Balaban J connectivity index is -0.000000365. The summed E-state index contributed by atoms with van der Waals surface area (Å²) in [6, 6.07) is 28.2. The third-order valence-corrected chi connectivity index (χ3v) is 6.83. The fraction of sp³-hybridized carbons (Fsp3) is 0.467. The lowest BCUT2D eigenvalue weighted by molar-refractivity contribution is -0.120. The second kappa shape index (κ2) is 31.7. The van der Waals surface area contributed by atoms with Crippen molar-refractivity contribution in [3.05, 3.63) is 120 Å². The Labute approximate surface area is 349 Å². The Morgan fingerprint density at radius 2 is 1.05 bits per heavy atom. The molecular formula is C45H76N6O7. The van der Waals surface area contributed by atoms with Gasteiger partial charge in [-0.1, -0.05) is 133 Å². The molecule has 0 aliphatic heterocycles. The number of benzene rings is 3. The van der Waals surface area contributed by atoms with Crippen molar-refractivity contribution in [1.82, 2.24) is 16.0 Å². The normalized spacial score (nSPS) is 11.5. The van der Waals surface area contributed by atoms with Crippen LogP contribution in [0, 0.1) is 0 Å². The lowest BCUT2D eigenvalue weighted by Gasteiger charge is -2.23. The van der Waals surface area contributed by atoms with Gasteiger partial charge in [0, 0.05) is 31.6 Å². The van der Waals surface area contributed by atoms with Gasteiger partial charge < -0.3 is 47.4 Å². The first-order valence-corrected chi connectivity index (χ1v) is 17.8. The number of hydrogen-bond acceptors (Lipinski definition) is 9. The molecule has 0 aliphatic carbocycles. The van der Waals surface area contributed by atoms with Gasteiger partial charge in [-0.3, -0.25) is 4.79 Å². The van der Waals surface area contributed by atoms with Crippen molar-refractivity contribution in [2.45, 2.75) is 120 Å². The molecule has 328 valence electrons. The zero-order valence-electron chi connectivity index (χ0n) is 32.5. The molecule has 3 aromatic carbocycles. The van der Waals surface area contributed by atoms with Crippen LogP contribution in [-0.2, 0) is 38.3 Å². The van der Waals surface area contributed by atoms with Crippen LogP contribution in [0.25, 0.3) is 0 Å². The molecule has 13 nitrogen and oxygen atoms in total. The quantitative estimate of drug-likeness (QED) is 0.0695. The van der Waals surface area contributed by atoms with Crippen LogP contribution < -0.4 is 33.2 Å². The molecule has 0 unspecified atom stereocenters. The molecule has 0 bridgehead atoms. The number of carbonyl (C=O) groups is 4. The Bertz CT molecular complexity index is 1530. The number of nitrogens with two attached hydrogens (primary N) is 3. The van der Waals surface area contributed by atoms with E-state index in [9.17, 15) is 19.2 Å². The molecule has 0 aromatic heterocycles. The lowest BCUT2D eigenvalue weighted by Crippen LogP contribution is -2.47. The number of ether oxygens (including phenoxy) is 3. The summed E-state index contributed by atoms with van der Waals surface area (Å²) < 4.78 is 15.1. The summed E-state index contributed by atoms with van der Waals surface area (Å²) in [7, 11) is 0. The first-order chi connectivity index (χ1) is 25.4. The van der Waals surface area contributed by atoms with E-state index in [-0.39, 0.29) is 48.4 Å². The summed E-state index contributed by atoms with van der Waals surface area (Å²) in [5.74, 6) is -0.588. The Morgan fingerprint density at radius 3 is 1.43 bits per heavy atom. The molecule has 3 atom stereocenters. The molecule has 3 rings (SSSR count). The number of alkyl carbamates (subject to hydrolysis) is 3. The van der Waals surface area contributed by atoms with Crippen molar-refractivity contribution in [1.29, 1.82) is 0 Å². The van der Waals surface area contributed by atoms with Gasteiger partial charge in [0.2, 0.25) is 5.91 Å². The molecule has 0 saturated heterocycles. The molecule has 4 amide bonds. The van der Waals surface area contributed by atoms with Crippen LogP contribution in [0.1, 0.15) is 87.9 Å². The maximum Gasteiger partial charge on any atom is 0.408 e. The number of nitrogens with one attached hydrogen (secondary N) is 3. The van der Waals surface area contributed by atoms with Crippen molar-refractivity contribution >= 4 is 24.2 Å². The van der Waals surface area contributed by atoms with Gasteiger partial charge >= 0.3 is 18.3 Å². The zero-order chi connectivity index (χ0) is 40.6. The number of rotatable bonds is 14. The fourth-order valence-electron chi connectivity index (χ4n) is 4.48. The Kier molecular flexibility index (Phi) is 32.4. The van der Waals surface area contributed by atoms with E-state index in [0.717, 1.165) is 23.1 Å². The van der Waals surface area contributed by atoms with E-state index in [0.29, 0.717) is 25.9 Å². The number of amides is 4. The average Bonchev–Trinajstić information content (AvgIpc) is 3.09. The van der Waals surface area contributed by atoms with Crippen molar-refractivity contribution in [2.75, 3.05) is 19.7 Å². The molecule has 13 heteroatoms. The van der Waals surface area contributed by atoms with Gasteiger partial charge in [0.15, 0.2) is 0 Å². The summed E-state index contributed by atoms with van der Waals surface area (Å²) in [5, 5.41) is 7.87. The molecule has 3 aromatic rings. The molecule has 0 fully saturated rings. The summed E-state index contributed by atoms with van der Waals surface area (Å²) in [5.41, 5.74) is 19.0. The van der Waals surface area contributed by atoms with E-state index in [1.165, 1.54) is 6.08 Å². The summed E-state index contributed by atoms with van der Waals surface area (Å²) in [6.45, 7) is 15.2. The SMILES string of the molecule is C.C.C.C.C=CCOC(=O)NC[C@@H](N)Cc1ccccc1.CC(C)(C)OC(=O)N[C@@H](Cc1ccccc1)C(N)=O.CC(C)(C)OC(=O)N[C@H](CN)Cc1ccccc1. The van der Waals surface area contributed by atoms with E-state index in [2.05, 4.69) is 22.5 Å². The van der Waals surface area contributed by atoms with E-state index in [4.69, 9.17) is 31.4 Å². The molecule has 0 heterocycles. The second-order valence-corrected chi connectivity index (χ2v) is 14.3. The van der Waals surface area contributed by atoms with Crippen molar-refractivity contribution in [3.63, 3.8) is 0 Å². The van der Waals surface area contributed by atoms with Gasteiger partial charge in [0.05, 0.1) is 0 Å². The lowest BCUT2D eigenvalue weighted by atomic mass is 10.1. The van der Waals surface area contributed by atoms with E-state index < -0.39 is 41.4 Å². The van der Waals surface area contributed by atoms with Gasteiger partial charge in [-0.2, -0.15) is 0 Å². The Morgan fingerprint density at radius 1 is 0.655 bits per heavy atom. The second-order valence-electron chi connectivity index (χ2n) is 14.3. The minimum atomic E-state index is -0.780. The molecular weight excluding hydrogens is 737 g/mol. The molecule has 0 saturated carbocycles. The summed E-state index contributed by atoms with van der Waals surface area (Å²) >= 11 is 0. The topological polar surface area (TPSA) is 210 Å². The van der Waals surface area contributed by atoms with Crippen LogP contribution in [0.4, 0.5) is 14.4 Å². The summed E-state index contributed by atoms with van der Waals surface area (Å²) in [6.07, 6.45) is 1.76. The average molecular weight is 813 g/mol. The maximum absolute atomic E-state index is 11.6. The molecule has 0 spiro atoms. The smallest absolute Gasteiger partial charge is 0.408 e. The number of primary amides is 1. The molecule has 0 radical (unpaired) electrons. The minimum Gasteiger partial charge on any atom is -0.445 e. The van der Waals surface area contributed by atoms with Gasteiger partial charge in [0.25, 0.3) is 0 Å². The largest absolute Gasteiger partial charge is 0.445 e. The van der Waals surface area contributed by atoms with E-state index in [1.54, 1.807) is 20.8 Å². The highest BCUT2D eigenvalue weighted by molar-refractivity contribution is 5.84. The highest BCUT2D eigenvalue weighted by Gasteiger charge is 2.23. The van der Waals surface area contributed by atoms with Crippen LogP contribution in [0.2, 0.25) is 0 Å².